The molecule has 0 atom stereocenters. The fraction of sp³-hybridized carbons (Fsp3) is 0.364. The molecule has 2 heterocycles. The highest BCUT2D eigenvalue weighted by atomic mass is 32.2. The number of aryl methyl sites for hydroxylation is 2. The number of thiophene rings is 1. The lowest BCUT2D eigenvalue weighted by Gasteiger charge is -2.11. The first-order valence-electron chi connectivity index (χ1n) is 10.7. The van der Waals surface area contributed by atoms with Crippen LogP contribution >= 0.6 is 34.4 Å². The van der Waals surface area contributed by atoms with E-state index in [0.717, 1.165) is 53.4 Å². The maximum absolute atomic E-state index is 12.5. The average Bonchev–Trinajstić information content (AvgIpc) is 3.34. The van der Waals surface area contributed by atoms with E-state index in [1.807, 2.05) is 0 Å². The quantitative estimate of drug-likeness (QED) is 0.278. The van der Waals surface area contributed by atoms with E-state index in [1.54, 1.807) is 17.7 Å². The second-order valence-corrected chi connectivity index (χ2v) is 10.9. The summed E-state index contributed by atoms with van der Waals surface area (Å²) in [6.45, 7) is 0. The summed E-state index contributed by atoms with van der Waals surface area (Å²) in [4.78, 5) is 53.3. The van der Waals surface area contributed by atoms with Crippen molar-refractivity contribution >= 4 is 73.1 Å². The number of amides is 2. The van der Waals surface area contributed by atoms with Crippen molar-refractivity contribution in [3.05, 3.63) is 49.1 Å². The standard InChI is InChI=1S/C22H22N4O6S3/c1-25-14-8-7-12(26(30)31)9-16(14)35-22(25)24-18(28)11-33-10-17(27)23-20-19(21(29)32-2)13-5-3-4-6-15(13)34-20/h7-9H,3-6,10-11H2,1-2H3,(H,23,27). The molecule has 2 aromatic heterocycles. The van der Waals surface area contributed by atoms with Gasteiger partial charge in [-0.15, -0.1) is 23.1 Å². The predicted molar refractivity (Wildman–Crippen MR) is 136 cm³/mol. The molecule has 0 spiro atoms. The zero-order valence-corrected chi connectivity index (χ0v) is 21.4. The Kier molecular flexibility index (Phi) is 7.67. The number of ether oxygens (including phenoxy) is 1. The second kappa shape index (κ2) is 10.7. The molecule has 0 unspecified atom stereocenters. The number of thioether (sulfide) groups is 1. The maximum atomic E-state index is 12.5. The maximum Gasteiger partial charge on any atom is 0.341 e. The van der Waals surface area contributed by atoms with Gasteiger partial charge in [0.15, 0.2) is 4.80 Å². The number of fused-ring (bicyclic) bond motifs is 2. The van der Waals surface area contributed by atoms with E-state index in [9.17, 15) is 24.5 Å². The van der Waals surface area contributed by atoms with Crippen molar-refractivity contribution in [2.45, 2.75) is 25.7 Å². The third kappa shape index (κ3) is 5.46. The van der Waals surface area contributed by atoms with Crippen LogP contribution in [0.2, 0.25) is 0 Å². The molecule has 0 fully saturated rings. The SMILES string of the molecule is COC(=O)c1c(NC(=O)CSCC(=O)N=c2sc3cc([N+](=O)[O-])ccc3n2C)sc2c1CCCC2. The number of nitro benzene ring substituents is 1. The molecule has 184 valence electrons. The number of anilines is 1. The molecule has 0 saturated heterocycles. The number of nitro groups is 1. The van der Waals surface area contributed by atoms with Gasteiger partial charge in [0.05, 0.1) is 39.3 Å². The molecule has 0 saturated carbocycles. The number of rotatable bonds is 7. The minimum atomic E-state index is -0.470. The summed E-state index contributed by atoms with van der Waals surface area (Å²) in [5, 5.41) is 14.3. The molecule has 2 amide bonds. The van der Waals surface area contributed by atoms with Crippen LogP contribution < -0.4 is 10.1 Å². The van der Waals surface area contributed by atoms with Gasteiger partial charge in [0.2, 0.25) is 5.91 Å². The van der Waals surface area contributed by atoms with E-state index in [0.29, 0.717) is 20.1 Å². The highest BCUT2D eigenvalue weighted by Gasteiger charge is 2.26. The molecule has 0 bridgehead atoms. The van der Waals surface area contributed by atoms with Gasteiger partial charge in [-0.1, -0.05) is 11.3 Å². The van der Waals surface area contributed by atoms with E-state index in [4.69, 9.17) is 4.74 Å². The normalized spacial score (nSPS) is 13.5. The Hall–Kier alpha value is -3.03. The number of benzene rings is 1. The minimum Gasteiger partial charge on any atom is -0.465 e. The third-order valence-corrected chi connectivity index (χ3v) is 8.72. The van der Waals surface area contributed by atoms with Crippen molar-refractivity contribution in [2.24, 2.45) is 12.0 Å². The number of nitrogens with zero attached hydrogens (tertiary/aromatic N) is 3. The molecule has 0 aliphatic heterocycles. The lowest BCUT2D eigenvalue weighted by atomic mass is 9.95. The van der Waals surface area contributed by atoms with Crippen molar-refractivity contribution in [3.63, 3.8) is 0 Å². The summed E-state index contributed by atoms with van der Waals surface area (Å²) in [7, 11) is 3.06. The summed E-state index contributed by atoms with van der Waals surface area (Å²) in [6.07, 6.45) is 3.72. The van der Waals surface area contributed by atoms with Gasteiger partial charge in [0.1, 0.15) is 5.00 Å². The molecule has 1 aromatic carbocycles. The predicted octanol–water partition coefficient (Wildman–Crippen LogP) is 3.67. The Morgan fingerprint density at radius 1 is 1.23 bits per heavy atom. The molecular weight excluding hydrogens is 512 g/mol. The van der Waals surface area contributed by atoms with Crippen LogP contribution in [0.1, 0.15) is 33.6 Å². The average molecular weight is 535 g/mol. The minimum absolute atomic E-state index is 0.00733. The topological polar surface area (TPSA) is 133 Å². The van der Waals surface area contributed by atoms with Crippen LogP contribution in [0, 0.1) is 10.1 Å². The molecule has 35 heavy (non-hydrogen) atoms. The first-order chi connectivity index (χ1) is 16.8. The number of esters is 1. The van der Waals surface area contributed by atoms with E-state index in [1.165, 1.54) is 41.9 Å². The van der Waals surface area contributed by atoms with Crippen LogP contribution in [-0.4, -0.2) is 45.9 Å². The van der Waals surface area contributed by atoms with E-state index < -0.39 is 16.8 Å². The van der Waals surface area contributed by atoms with E-state index >= 15 is 0 Å². The molecular formula is C22H22N4O6S3. The zero-order chi connectivity index (χ0) is 25.1. The van der Waals surface area contributed by atoms with Crippen LogP contribution in [0.5, 0.6) is 0 Å². The summed E-state index contributed by atoms with van der Waals surface area (Å²) in [5.41, 5.74) is 2.11. The Balaban J connectivity index is 1.39. The fourth-order valence-electron chi connectivity index (χ4n) is 3.85. The summed E-state index contributed by atoms with van der Waals surface area (Å²) < 4.78 is 7.27. The van der Waals surface area contributed by atoms with Crippen molar-refractivity contribution in [2.75, 3.05) is 23.9 Å². The van der Waals surface area contributed by atoms with Crippen molar-refractivity contribution < 1.29 is 24.0 Å². The summed E-state index contributed by atoms with van der Waals surface area (Å²) in [6, 6.07) is 4.48. The molecule has 3 aromatic rings. The number of methoxy groups -OCH3 is 1. The van der Waals surface area contributed by atoms with Crippen LogP contribution in [-0.2, 0) is 34.2 Å². The molecule has 1 aliphatic carbocycles. The number of carbonyl (C=O) groups excluding carboxylic acids is 3. The van der Waals surface area contributed by atoms with Crippen LogP contribution in [0.25, 0.3) is 10.2 Å². The molecule has 1 aliphatic rings. The Morgan fingerprint density at radius 2 is 2.00 bits per heavy atom. The monoisotopic (exact) mass is 534 g/mol. The first kappa shape index (κ1) is 25.1. The summed E-state index contributed by atoms with van der Waals surface area (Å²) >= 11 is 3.72. The van der Waals surface area contributed by atoms with E-state index in [-0.39, 0.29) is 23.1 Å². The van der Waals surface area contributed by atoms with Gasteiger partial charge in [-0.3, -0.25) is 19.7 Å². The van der Waals surface area contributed by atoms with Crippen molar-refractivity contribution in [3.8, 4) is 0 Å². The molecule has 10 nitrogen and oxygen atoms in total. The number of aromatic nitrogens is 1. The Morgan fingerprint density at radius 3 is 2.74 bits per heavy atom. The molecule has 4 rings (SSSR count). The highest BCUT2D eigenvalue weighted by Crippen LogP contribution is 2.38. The molecule has 1 N–H and O–H groups in total. The number of hydrogen-bond donors (Lipinski definition) is 1. The smallest absolute Gasteiger partial charge is 0.341 e. The Bertz CT molecular complexity index is 1400. The lowest BCUT2D eigenvalue weighted by Crippen LogP contribution is -2.18. The van der Waals surface area contributed by atoms with Gasteiger partial charge in [-0.05, 0) is 37.3 Å². The number of nitrogens with one attached hydrogen (secondary N) is 1. The molecule has 13 heteroatoms. The second-order valence-electron chi connectivity index (χ2n) is 7.81. The van der Waals surface area contributed by atoms with Gasteiger partial charge < -0.3 is 14.6 Å². The fourth-order valence-corrected chi connectivity index (χ4v) is 6.81. The number of carbonyl (C=O) groups is 3. The van der Waals surface area contributed by atoms with Crippen LogP contribution in [0.4, 0.5) is 10.7 Å². The summed E-state index contributed by atoms with van der Waals surface area (Å²) in [5.74, 6) is -1.17. The first-order valence-corrected chi connectivity index (χ1v) is 13.5. The molecule has 0 radical (unpaired) electrons. The van der Waals surface area contributed by atoms with Gasteiger partial charge >= 0.3 is 5.97 Å². The number of hydrogen-bond acceptors (Lipinski definition) is 9. The van der Waals surface area contributed by atoms with Crippen molar-refractivity contribution in [1.29, 1.82) is 0 Å². The Labute approximate surface area is 212 Å². The van der Waals surface area contributed by atoms with Crippen LogP contribution in [0.3, 0.4) is 0 Å². The van der Waals surface area contributed by atoms with Crippen molar-refractivity contribution in [1.82, 2.24) is 4.57 Å². The van der Waals surface area contributed by atoms with Gasteiger partial charge in [-0.25, -0.2) is 4.79 Å². The number of non-ortho nitro benzene ring substituents is 1. The third-order valence-electron chi connectivity index (χ3n) is 5.50. The van der Waals surface area contributed by atoms with Crippen LogP contribution in [0.15, 0.2) is 23.2 Å². The van der Waals surface area contributed by atoms with Gasteiger partial charge in [0.25, 0.3) is 11.6 Å². The zero-order valence-electron chi connectivity index (χ0n) is 19.0. The van der Waals surface area contributed by atoms with Gasteiger partial charge in [0, 0.05) is 24.1 Å². The largest absolute Gasteiger partial charge is 0.465 e. The highest BCUT2D eigenvalue weighted by molar-refractivity contribution is 8.00. The van der Waals surface area contributed by atoms with Gasteiger partial charge in [-0.2, -0.15) is 4.99 Å². The lowest BCUT2D eigenvalue weighted by molar-refractivity contribution is -0.384. The number of thiazole rings is 1. The van der Waals surface area contributed by atoms with E-state index in [2.05, 4.69) is 10.3 Å².